The molecule has 5 heteroatoms. The molecule has 4 rings (SSSR count). The minimum atomic E-state index is -0.101. The Bertz CT molecular complexity index is 937. The number of carbonyl (C=O) groups is 1. The van der Waals surface area contributed by atoms with Gasteiger partial charge in [0.2, 0.25) is 5.91 Å². The zero-order valence-electron chi connectivity index (χ0n) is 17.6. The summed E-state index contributed by atoms with van der Waals surface area (Å²) in [5, 5.41) is 1.05. The number of nitrogens with zero attached hydrogens (tertiary/aromatic N) is 1. The molecule has 1 aromatic heterocycles. The summed E-state index contributed by atoms with van der Waals surface area (Å²) in [6.45, 7) is 5.80. The molecule has 2 aliphatic rings. The maximum absolute atomic E-state index is 13.3. The first-order chi connectivity index (χ1) is 14.0. The molecule has 0 radical (unpaired) electrons. The first-order valence-corrected chi connectivity index (χ1v) is 11.0. The third-order valence-corrected chi connectivity index (χ3v) is 6.46. The lowest BCUT2D eigenvalue weighted by atomic mass is 9.88. The van der Waals surface area contributed by atoms with Gasteiger partial charge < -0.3 is 14.6 Å². The number of carbonyl (C=O) groups excluding carboxylic acids is 1. The van der Waals surface area contributed by atoms with Gasteiger partial charge in [0.15, 0.2) is 0 Å². The summed E-state index contributed by atoms with van der Waals surface area (Å²) >= 11 is 0. The van der Waals surface area contributed by atoms with Crippen LogP contribution in [0.25, 0.3) is 10.9 Å². The molecule has 2 fully saturated rings. The molecule has 1 N–H and O–H groups in total. The third-order valence-electron chi connectivity index (χ3n) is 6.46. The number of pyridine rings is 1. The molecule has 0 spiro atoms. The number of rotatable bonds is 5. The van der Waals surface area contributed by atoms with E-state index in [0.717, 1.165) is 67.2 Å². The van der Waals surface area contributed by atoms with Crippen LogP contribution in [0.1, 0.15) is 61.6 Å². The fourth-order valence-electron chi connectivity index (χ4n) is 4.91. The molecular weight excluding hydrogens is 364 g/mol. The summed E-state index contributed by atoms with van der Waals surface area (Å²) in [5.41, 5.74) is 3.69. The predicted octanol–water partition coefficient (Wildman–Crippen LogP) is 4.23. The SMILES string of the molecule is Cc1cc(C)c2cc(CN(C[C@H]3CCCO3)C(=O)C3CCCCC3)c(=O)[nH]c2c1. The van der Waals surface area contributed by atoms with Gasteiger partial charge in [-0.3, -0.25) is 9.59 Å². The molecule has 0 unspecified atom stereocenters. The van der Waals surface area contributed by atoms with Crippen LogP contribution < -0.4 is 5.56 Å². The Balaban J connectivity index is 1.63. The number of aromatic nitrogens is 1. The van der Waals surface area contributed by atoms with Crippen LogP contribution in [0.2, 0.25) is 0 Å². The van der Waals surface area contributed by atoms with Crippen LogP contribution in [-0.4, -0.2) is 35.0 Å². The minimum Gasteiger partial charge on any atom is -0.376 e. The van der Waals surface area contributed by atoms with Gasteiger partial charge in [0, 0.05) is 35.5 Å². The number of benzene rings is 1. The Morgan fingerprint density at radius 2 is 1.90 bits per heavy atom. The van der Waals surface area contributed by atoms with Crippen molar-refractivity contribution in [1.82, 2.24) is 9.88 Å². The quantitative estimate of drug-likeness (QED) is 0.822. The van der Waals surface area contributed by atoms with E-state index < -0.39 is 0 Å². The molecule has 0 bridgehead atoms. The van der Waals surface area contributed by atoms with E-state index in [1.807, 2.05) is 24.0 Å². The summed E-state index contributed by atoms with van der Waals surface area (Å²) in [7, 11) is 0. The van der Waals surface area contributed by atoms with Crippen LogP contribution in [0, 0.1) is 19.8 Å². The number of aromatic amines is 1. The molecule has 1 atom stereocenters. The summed E-state index contributed by atoms with van der Waals surface area (Å²) in [4.78, 5) is 31.1. The lowest BCUT2D eigenvalue weighted by Crippen LogP contribution is -2.42. The molecule has 5 nitrogen and oxygen atoms in total. The van der Waals surface area contributed by atoms with Crippen LogP contribution in [0.4, 0.5) is 0 Å². The van der Waals surface area contributed by atoms with E-state index in [1.165, 1.54) is 6.42 Å². The molecule has 1 aliphatic carbocycles. The summed E-state index contributed by atoms with van der Waals surface area (Å²) in [5.74, 6) is 0.286. The molecule has 29 heavy (non-hydrogen) atoms. The van der Waals surface area contributed by atoms with E-state index in [9.17, 15) is 9.59 Å². The number of amides is 1. The average Bonchev–Trinajstić information content (AvgIpc) is 3.21. The van der Waals surface area contributed by atoms with Crippen molar-refractivity contribution in [3.8, 4) is 0 Å². The molecule has 156 valence electrons. The predicted molar refractivity (Wildman–Crippen MR) is 115 cm³/mol. The molecule has 2 aromatic rings. The first-order valence-electron chi connectivity index (χ1n) is 11.0. The lowest BCUT2D eigenvalue weighted by molar-refractivity contribution is -0.138. The Hall–Kier alpha value is -2.14. The Labute approximate surface area is 172 Å². The second-order valence-corrected chi connectivity index (χ2v) is 8.86. The number of hydrogen-bond donors (Lipinski definition) is 1. The van der Waals surface area contributed by atoms with Gasteiger partial charge in [-0.05, 0) is 62.8 Å². The number of ether oxygens (including phenoxy) is 1. The van der Waals surface area contributed by atoms with Crippen molar-refractivity contribution in [3.63, 3.8) is 0 Å². The van der Waals surface area contributed by atoms with Gasteiger partial charge in [-0.25, -0.2) is 0 Å². The second-order valence-electron chi connectivity index (χ2n) is 8.86. The number of nitrogens with one attached hydrogen (secondary N) is 1. The Morgan fingerprint density at radius 3 is 2.62 bits per heavy atom. The molecule has 2 heterocycles. The number of fused-ring (bicyclic) bond motifs is 1. The van der Waals surface area contributed by atoms with Crippen LogP contribution in [-0.2, 0) is 16.1 Å². The van der Waals surface area contributed by atoms with Crippen molar-refractivity contribution in [2.24, 2.45) is 5.92 Å². The molecule has 1 amide bonds. The molecule has 1 aromatic carbocycles. The fraction of sp³-hybridized carbons (Fsp3) is 0.583. The highest BCUT2D eigenvalue weighted by Crippen LogP contribution is 2.27. The Kier molecular flexibility index (Phi) is 6.04. The Morgan fingerprint density at radius 1 is 1.10 bits per heavy atom. The molecular formula is C24H32N2O3. The smallest absolute Gasteiger partial charge is 0.253 e. The van der Waals surface area contributed by atoms with E-state index in [-0.39, 0.29) is 23.5 Å². The van der Waals surface area contributed by atoms with Gasteiger partial charge in [0.05, 0.1) is 12.6 Å². The van der Waals surface area contributed by atoms with Crippen molar-refractivity contribution >= 4 is 16.8 Å². The van der Waals surface area contributed by atoms with Crippen molar-refractivity contribution in [3.05, 3.63) is 45.2 Å². The van der Waals surface area contributed by atoms with E-state index in [0.29, 0.717) is 18.7 Å². The van der Waals surface area contributed by atoms with E-state index >= 15 is 0 Å². The second kappa shape index (κ2) is 8.70. The highest BCUT2D eigenvalue weighted by Gasteiger charge is 2.29. The van der Waals surface area contributed by atoms with Crippen molar-refractivity contribution < 1.29 is 9.53 Å². The van der Waals surface area contributed by atoms with Crippen molar-refractivity contribution in [2.45, 2.75) is 71.4 Å². The standard InChI is InChI=1S/C24H32N2O3/c1-16-11-17(2)21-13-19(23(27)25-22(21)12-16)14-26(15-20-9-6-10-29-20)24(28)18-7-4-3-5-8-18/h11-13,18,20H,3-10,14-15H2,1-2H3,(H,25,27)/t20-/m1/s1. The van der Waals surface area contributed by atoms with E-state index in [1.54, 1.807) is 0 Å². The molecule has 1 saturated carbocycles. The zero-order valence-corrected chi connectivity index (χ0v) is 17.6. The molecule has 1 saturated heterocycles. The van der Waals surface area contributed by atoms with E-state index in [4.69, 9.17) is 4.74 Å². The van der Waals surface area contributed by atoms with Crippen LogP contribution in [0.5, 0.6) is 0 Å². The lowest BCUT2D eigenvalue weighted by Gasteiger charge is -2.31. The van der Waals surface area contributed by atoms with Crippen molar-refractivity contribution in [2.75, 3.05) is 13.2 Å². The van der Waals surface area contributed by atoms with Gasteiger partial charge in [-0.15, -0.1) is 0 Å². The van der Waals surface area contributed by atoms with Gasteiger partial charge in [0.1, 0.15) is 0 Å². The number of aryl methyl sites for hydroxylation is 2. The van der Waals surface area contributed by atoms with E-state index in [2.05, 4.69) is 18.0 Å². The van der Waals surface area contributed by atoms with Crippen LogP contribution in [0.15, 0.2) is 23.0 Å². The highest BCUT2D eigenvalue weighted by molar-refractivity contribution is 5.83. The molecule has 1 aliphatic heterocycles. The number of H-pyrrole nitrogens is 1. The van der Waals surface area contributed by atoms with Gasteiger partial charge in [0.25, 0.3) is 5.56 Å². The normalized spacial score (nSPS) is 20.3. The van der Waals surface area contributed by atoms with Crippen LogP contribution in [0.3, 0.4) is 0 Å². The van der Waals surface area contributed by atoms with Crippen LogP contribution >= 0.6 is 0 Å². The minimum absolute atomic E-state index is 0.0893. The maximum atomic E-state index is 13.3. The summed E-state index contributed by atoms with van der Waals surface area (Å²) < 4.78 is 5.81. The highest BCUT2D eigenvalue weighted by atomic mass is 16.5. The zero-order chi connectivity index (χ0) is 20.4. The summed E-state index contributed by atoms with van der Waals surface area (Å²) in [6, 6.07) is 6.10. The largest absolute Gasteiger partial charge is 0.376 e. The number of hydrogen-bond acceptors (Lipinski definition) is 3. The summed E-state index contributed by atoms with van der Waals surface area (Å²) in [6.07, 6.45) is 7.52. The topological polar surface area (TPSA) is 62.4 Å². The maximum Gasteiger partial charge on any atom is 0.253 e. The fourth-order valence-corrected chi connectivity index (χ4v) is 4.91. The van der Waals surface area contributed by atoms with Gasteiger partial charge in [-0.2, -0.15) is 0 Å². The average molecular weight is 397 g/mol. The van der Waals surface area contributed by atoms with Gasteiger partial charge >= 0.3 is 0 Å². The van der Waals surface area contributed by atoms with Gasteiger partial charge in [-0.1, -0.05) is 25.3 Å². The van der Waals surface area contributed by atoms with Crippen molar-refractivity contribution in [1.29, 1.82) is 0 Å². The monoisotopic (exact) mass is 396 g/mol. The first kappa shape index (κ1) is 20.1. The third kappa shape index (κ3) is 4.55.